The lowest BCUT2D eigenvalue weighted by Gasteiger charge is -2.12. The quantitative estimate of drug-likeness (QED) is 0.566. The third-order valence-electron chi connectivity index (χ3n) is 4.18. The fourth-order valence-electron chi connectivity index (χ4n) is 2.65. The second-order valence-electron chi connectivity index (χ2n) is 7.17. The topological polar surface area (TPSA) is 72.7 Å². The third kappa shape index (κ3) is 4.99. The highest BCUT2D eigenvalue weighted by Gasteiger charge is 2.17. The molecule has 0 radical (unpaired) electrons. The van der Waals surface area contributed by atoms with Gasteiger partial charge in [-0.15, -0.1) is 21.5 Å². The smallest absolute Gasteiger partial charge is 0.236 e. The van der Waals surface area contributed by atoms with E-state index >= 15 is 0 Å². The van der Waals surface area contributed by atoms with E-state index in [9.17, 15) is 4.79 Å². The molecule has 0 saturated heterocycles. The van der Waals surface area contributed by atoms with Gasteiger partial charge in [-0.25, -0.2) is 4.98 Å². The average Bonchev–Trinajstić information content (AvgIpc) is 3.16. The summed E-state index contributed by atoms with van der Waals surface area (Å²) in [6, 6.07) is 8.26. The van der Waals surface area contributed by atoms with Crippen LogP contribution in [0.1, 0.15) is 30.0 Å². The largest absolute Gasteiger partial charge is 0.302 e. The van der Waals surface area contributed by atoms with Crippen molar-refractivity contribution in [3.8, 4) is 11.4 Å². The molecule has 0 spiro atoms. The summed E-state index contributed by atoms with van der Waals surface area (Å²) < 4.78 is 2.10. The number of nitrogens with zero attached hydrogens (tertiary/aromatic N) is 4. The van der Waals surface area contributed by atoms with Gasteiger partial charge in [0.15, 0.2) is 16.1 Å². The number of hydrogen-bond acceptors (Lipinski definition) is 6. The van der Waals surface area contributed by atoms with E-state index in [0.717, 1.165) is 33.7 Å². The minimum atomic E-state index is -0.0882. The molecule has 1 amide bonds. The Hall–Kier alpha value is -2.19. The van der Waals surface area contributed by atoms with Crippen molar-refractivity contribution in [1.82, 2.24) is 19.7 Å². The Morgan fingerprint density at radius 2 is 1.89 bits per heavy atom. The van der Waals surface area contributed by atoms with Gasteiger partial charge in [-0.05, 0) is 26.7 Å². The molecule has 148 valence electrons. The SMILES string of the molecule is Cc1ccc(-c2nnc(SCC(=O)Nc3nc(C)c(C)s3)n2CC(C)C)cc1. The minimum absolute atomic E-state index is 0.0882. The molecule has 28 heavy (non-hydrogen) atoms. The molecule has 3 aromatic rings. The van der Waals surface area contributed by atoms with Crippen LogP contribution in [0.2, 0.25) is 0 Å². The van der Waals surface area contributed by atoms with Crippen LogP contribution < -0.4 is 5.32 Å². The summed E-state index contributed by atoms with van der Waals surface area (Å²) >= 11 is 2.89. The zero-order valence-corrected chi connectivity index (χ0v) is 18.4. The number of thiazole rings is 1. The molecule has 0 fully saturated rings. The van der Waals surface area contributed by atoms with Crippen molar-refractivity contribution in [2.24, 2.45) is 5.92 Å². The van der Waals surface area contributed by atoms with Gasteiger partial charge in [-0.3, -0.25) is 4.79 Å². The van der Waals surface area contributed by atoms with Crippen LogP contribution in [0.3, 0.4) is 0 Å². The second kappa shape index (κ2) is 8.87. The van der Waals surface area contributed by atoms with Gasteiger partial charge in [-0.2, -0.15) is 0 Å². The average molecular weight is 416 g/mol. The molecule has 1 N–H and O–H groups in total. The maximum absolute atomic E-state index is 12.3. The fraction of sp³-hybridized carbons (Fsp3) is 0.400. The van der Waals surface area contributed by atoms with Gasteiger partial charge in [0, 0.05) is 17.0 Å². The number of thioether (sulfide) groups is 1. The molecule has 0 saturated carbocycles. The van der Waals surface area contributed by atoms with Crippen LogP contribution >= 0.6 is 23.1 Å². The van der Waals surface area contributed by atoms with E-state index in [1.807, 2.05) is 13.8 Å². The molecule has 0 unspecified atom stereocenters. The maximum atomic E-state index is 12.3. The Morgan fingerprint density at radius 3 is 2.50 bits per heavy atom. The maximum Gasteiger partial charge on any atom is 0.236 e. The highest BCUT2D eigenvalue weighted by atomic mass is 32.2. The fourth-order valence-corrected chi connectivity index (χ4v) is 4.23. The molecule has 0 aliphatic carbocycles. The van der Waals surface area contributed by atoms with Gasteiger partial charge < -0.3 is 9.88 Å². The number of nitrogens with one attached hydrogen (secondary N) is 1. The molecule has 0 aliphatic rings. The van der Waals surface area contributed by atoms with Crippen LogP contribution in [-0.2, 0) is 11.3 Å². The van der Waals surface area contributed by atoms with E-state index in [4.69, 9.17) is 0 Å². The highest BCUT2D eigenvalue weighted by Crippen LogP contribution is 2.26. The van der Waals surface area contributed by atoms with Crippen molar-refractivity contribution >= 4 is 34.1 Å². The predicted octanol–water partition coefficient (Wildman–Crippen LogP) is 4.71. The number of anilines is 1. The Morgan fingerprint density at radius 1 is 1.18 bits per heavy atom. The molecule has 3 rings (SSSR count). The van der Waals surface area contributed by atoms with Gasteiger partial charge in [0.2, 0.25) is 5.91 Å². The Labute approximate surface area is 173 Å². The number of carbonyl (C=O) groups excluding carboxylic acids is 1. The van der Waals surface area contributed by atoms with Gasteiger partial charge >= 0.3 is 0 Å². The number of aromatic nitrogens is 4. The Bertz CT molecular complexity index is 940. The van der Waals surface area contributed by atoms with Crippen LogP contribution in [0.4, 0.5) is 5.13 Å². The summed E-state index contributed by atoms with van der Waals surface area (Å²) in [7, 11) is 0. The summed E-state index contributed by atoms with van der Waals surface area (Å²) in [5.74, 6) is 1.45. The summed E-state index contributed by atoms with van der Waals surface area (Å²) in [6.45, 7) is 11.1. The highest BCUT2D eigenvalue weighted by molar-refractivity contribution is 7.99. The summed E-state index contributed by atoms with van der Waals surface area (Å²) in [5, 5.41) is 13.0. The molecule has 0 aliphatic heterocycles. The van der Waals surface area contributed by atoms with Gasteiger partial charge in [0.25, 0.3) is 0 Å². The van der Waals surface area contributed by atoms with Gasteiger partial charge in [0.1, 0.15) is 0 Å². The first-order valence-electron chi connectivity index (χ1n) is 9.20. The van der Waals surface area contributed by atoms with E-state index in [1.54, 1.807) is 0 Å². The van der Waals surface area contributed by atoms with Gasteiger partial charge in [-0.1, -0.05) is 55.4 Å². The molecular weight excluding hydrogens is 390 g/mol. The van der Waals surface area contributed by atoms with Crippen LogP contribution in [0.15, 0.2) is 29.4 Å². The van der Waals surface area contributed by atoms with Crippen molar-refractivity contribution in [2.75, 3.05) is 11.1 Å². The normalized spacial score (nSPS) is 11.2. The summed E-state index contributed by atoms with van der Waals surface area (Å²) in [6.07, 6.45) is 0. The number of amides is 1. The summed E-state index contributed by atoms with van der Waals surface area (Å²) in [5.41, 5.74) is 3.19. The van der Waals surface area contributed by atoms with E-state index < -0.39 is 0 Å². The monoisotopic (exact) mass is 415 g/mol. The lowest BCUT2D eigenvalue weighted by molar-refractivity contribution is -0.113. The number of rotatable bonds is 7. The first-order chi connectivity index (χ1) is 13.3. The number of hydrogen-bond donors (Lipinski definition) is 1. The molecule has 6 nitrogen and oxygen atoms in total. The lowest BCUT2D eigenvalue weighted by atomic mass is 10.1. The number of benzene rings is 1. The lowest BCUT2D eigenvalue weighted by Crippen LogP contribution is -2.15. The van der Waals surface area contributed by atoms with Crippen molar-refractivity contribution in [3.63, 3.8) is 0 Å². The third-order valence-corrected chi connectivity index (χ3v) is 6.14. The van der Waals surface area contributed by atoms with E-state index in [0.29, 0.717) is 11.0 Å². The molecular formula is C20H25N5OS2. The molecule has 0 atom stereocenters. The van der Waals surface area contributed by atoms with Crippen LogP contribution in [-0.4, -0.2) is 31.4 Å². The molecule has 2 heterocycles. The van der Waals surface area contributed by atoms with E-state index in [2.05, 4.69) is 70.1 Å². The van der Waals surface area contributed by atoms with E-state index in [1.165, 1.54) is 28.7 Å². The number of aryl methyl sites for hydroxylation is 3. The van der Waals surface area contributed by atoms with E-state index in [-0.39, 0.29) is 11.7 Å². The van der Waals surface area contributed by atoms with Crippen molar-refractivity contribution < 1.29 is 4.79 Å². The van der Waals surface area contributed by atoms with Crippen molar-refractivity contribution in [2.45, 2.75) is 46.3 Å². The molecule has 1 aromatic carbocycles. The Balaban J connectivity index is 1.73. The van der Waals surface area contributed by atoms with Crippen LogP contribution in [0, 0.1) is 26.7 Å². The van der Waals surface area contributed by atoms with Gasteiger partial charge in [0.05, 0.1) is 11.4 Å². The second-order valence-corrected chi connectivity index (χ2v) is 9.32. The first kappa shape index (κ1) is 20.5. The summed E-state index contributed by atoms with van der Waals surface area (Å²) in [4.78, 5) is 17.8. The van der Waals surface area contributed by atoms with Crippen molar-refractivity contribution in [3.05, 3.63) is 40.4 Å². The molecule has 8 heteroatoms. The van der Waals surface area contributed by atoms with Crippen LogP contribution in [0.5, 0.6) is 0 Å². The predicted molar refractivity (Wildman–Crippen MR) is 116 cm³/mol. The molecule has 0 bridgehead atoms. The number of carbonyl (C=O) groups is 1. The van der Waals surface area contributed by atoms with Crippen molar-refractivity contribution in [1.29, 1.82) is 0 Å². The zero-order chi connectivity index (χ0) is 20.3. The molecule has 2 aromatic heterocycles. The standard InChI is InChI=1S/C20H25N5OS2/c1-12(2)10-25-18(16-8-6-13(3)7-9-16)23-24-20(25)27-11-17(26)22-19-21-14(4)15(5)28-19/h6-9,12H,10-11H2,1-5H3,(H,21,22,26). The van der Waals surface area contributed by atoms with Crippen LogP contribution in [0.25, 0.3) is 11.4 Å². The zero-order valence-electron chi connectivity index (χ0n) is 16.8. The minimum Gasteiger partial charge on any atom is -0.302 e. The first-order valence-corrected chi connectivity index (χ1v) is 11.0. The Kier molecular flexibility index (Phi) is 6.51.